The van der Waals surface area contributed by atoms with Gasteiger partial charge in [0, 0.05) is 24.5 Å². The zero-order valence-corrected chi connectivity index (χ0v) is 13.5. The lowest BCUT2D eigenvalue weighted by Crippen LogP contribution is -2.49. The Labute approximate surface area is 139 Å². The molecule has 4 rings (SSSR count). The molecule has 0 bridgehead atoms. The van der Waals surface area contributed by atoms with Crippen molar-refractivity contribution >= 4 is 17.6 Å². The number of aromatic nitrogens is 3. The van der Waals surface area contributed by atoms with Gasteiger partial charge in [0.25, 0.3) is 0 Å². The molecule has 0 unspecified atom stereocenters. The summed E-state index contributed by atoms with van der Waals surface area (Å²) in [6, 6.07) is 7.79. The Kier molecular flexibility index (Phi) is 3.69. The molecule has 0 spiro atoms. The molecular weight excluding hydrogens is 314 g/mol. The lowest BCUT2D eigenvalue weighted by atomic mass is 9.95. The summed E-state index contributed by atoms with van der Waals surface area (Å²) < 4.78 is 2.10. The molecule has 1 saturated heterocycles. The average Bonchev–Trinajstić information content (AvgIpc) is 3.10. The molecule has 0 saturated carbocycles. The van der Waals surface area contributed by atoms with E-state index < -0.39 is 0 Å². The third-order valence-electron chi connectivity index (χ3n) is 4.62. The van der Waals surface area contributed by atoms with E-state index >= 15 is 0 Å². The maximum Gasteiger partial charge on any atom is 0.318 e. The molecule has 1 atom stereocenters. The molecule has 0 aliphatic carbocycles. The molecule has 2 amide bonds. The van der Waals surface area contributed by atoms with Crippen LogP contribution in [0.25, 0.3) is 0 Å². The van der Waals surface area contributed by atoms with Gasteiger partial charge < -0.3 is 14.8 Å². The predicted molar refractivity (Wildman–Crippen MR) is 86.1 cm³/mol. The van der Waals surface area contributed by atoms with Gasteiger partial charge in [-0.3, -0.25) is 0 Å². The minimum atomic E-state index is -0.0495. The second-order valence-electron chi connectivity index (χ2n) is 6.00. The topological polar surface area (TPSA) is 63.1 Å². The number of amides is 2. The fourth-order valence-corrected chi connectivity index (χ4v) is 3.39. The smallest absolute Gasteiger partial charge is 0.318 e. The summed E-state index contributed by atoms with van der Waals surface area (Å²) >= 11 is 5.92. The van der Waals surface area contributed by atoms with E-state index in [9.17, 15) is 4.79 Å². The molecule has 2 aliphatic rings. The van der Waals surface area contributed by atoms with E-state index in [-0.39, 0.29) is 12.1 Å². The standard InChI is InChI=1S/C16H18ClN5O/c17-12-5-3-11(4-6-12)13-7-9-21(13)16(23)18-10-15-20-19-14-2-1-8-22(14)15/h3-6,13H,1-2,7-10H2,(H,18,23)/t13-/m1/s1. The first kappa shape index (κ1) is 14.5. The van der Waals surface area contributed by atoms with Gasteiger partial charge in [-0.15, -0.1) is 10.2 Å². The number of rotatable bonds is 3. The molecule has 1 fully saturated rings. The second kappa shape index (κ2) is 5.85. The van der Waals surface area contributed by atoms with E-state index in [1.807, 2.05) is 29.2 Å². The first-order valence-corrected chi connectivity index (χ1v) is 8.31. The van der Waals surface area contributed by atoms with Gasteiger partial charge in [0.2, 0.25) is 0 Å². The number of nitrogens with one attached hydrogen (secondary N) is 1. The van der Waals surface area contributed by atoms with E-state index in [0.29, 0.717) is 11.6 Å². The summed E-state index contributed by atoms with van der Waals surface area (Å²) in [5.41, 5.74) is 1.12. The Morgan fingerprint density at radius 1 is 1.26 bits per heavy atom. The van der Waals surface area contributed by atoms with Crippen molar-refractivity contribution in [3.8, 4) is 0 Å². The molecule has 1 N–H and O–H groups in total. The molecule has 1 aromatic heterocycles. The van der Waals surface area contributed by atoms with Crippen molar-refractivity contribution in [2.45, 2.75) is 38.4 Å². The Bertz CT molecular complexity index is 727. The highest BCUT2D eigenvalue weighted by molar-refractivity contribution is 6.30. The third-order valence-corrected chi connectivity index (χ3v) is 4.87. The zero-order valence-electron chi connectivity index (χ0n) is 12.7. The maximum absolute atomic E-state index is 12.4. The van der Waals surface area contributed by atoms with Crippen LogP contribution in [-0.4, -0.2) is 32.2 Å². The minimum absolute atomic E-state index is 0.0495. The summed E-state index contributed by atoms with van der Waals surface area (Å²) in [5, 5.41) is 12.0. The number of fused-ring (bicyclic) bond motifs is 1. The van der Waals surface area contributed by atoms with Crippen molar-refractivity contribution < 1.29 is 4.79 Å². The Morgan fingerprint density at radius 3 is 2.83 bits per heavy atom. The molecule has 7 heteroatoms. The van der Waals surface area contributed by atoms with Crippen molar-refractivity contribution in [3.05, 3.63) is 46.5 Å². The first-order chi connectivity index (χ1) is 11.2. The Hall–Kier alpha value is -2.08. The number of urea groups is 1. The van der Waals surface area contributed by atoms with E-state index in [1.165, 1.54) is 0 Å². The minimum Gasteiger partial charge on any atom is -0.331 e. The quantitative estimate of drug-likeness (QED) is 0.940. The summed E-state index contributed by atoms with van der Waals surface area (Å²) in [6.45, 7) is 2.15. The molecule has 2 aromatic rings. The number of benzene rings is 1. The number of carbonyl (C=O) groups is 1. The molecule has 3 heterocycles. The monoisotopic (exact) mass is 331 g/mol. The van der Waals surface area contributed by atoms with Crippen LogP contribution in [0.4, 0.5) is 4.79 Å². The Morgan fingerprint density at radius 2 is 2.09 bits per heavy atom. The van der Waals surface area contributed by atoms with Crippen LogP contribution in [0, 0.1) is 0 Å². The number of halogens is 1. The fraction of sp³-hybridized carbons (Fsp3) is 0.438. The highest BCUT2D eigenvalue weighted by atomic mass is 35.5. The predicted octanol–water partition coefficient (Wildman–Crippen LogP) is 2.53. The van der Waals surface area contributed by atoms with Crippen LogP contribution >= 0.6 is 11.6 Å². The molecule has 1 aromatic carbocycles. The zero-order chi connectivity index (χ0) is 15.8. The van der Waals surface area contributed by atoms with E-state index in [4.69, 9.17) is 11.6 Å². The van der Waals surface area contributed by atoms with Gasteiger partial charge in [0.1, 0.15) is 5.82 Å². The lowest BCUT2D eigenvalue weighted by Gasteiger charge is -2.41. The van der Waals surface area contributed by atoms with Gasteiger partial charge in [0.05, 0.1) is 12.6 Å². The molecular formula is C16H18ClN5O. The van der Waals surface area contributed by atoms with Gasteiger partial charge >= 0.3 is 6.03 Å². The highest BCUT2D eigenvalue weighted by Crippen LogP contribution is 2.33. The molecule has 2 aliphatic heterocycles. The van der Waals surface area contributed by atoms with Crippen molar-refractivity contribution in [3.63, 3.8) is 0 Å². The number of hydrogen-bond acceptors (Lipinski definition) is 3. The first-order valence-electron chi connectivity index (χ1n) is 7.93. The third kappa shape index (κ3) is 2.67. The number of nitrogens with zero attached hydrogens (tertiary/aromatic N) is 4. The van der Waals surface area contributed by atoms with Gasteiger partial charge in [-0.25, -0.2) is 4.79 Å². The van der Waals surface area contributed by atoms with Crippen LogP contribution in [0.5, 0.6) is 0 Å². The van der Waals surface area contributed by atoms with Crippen molar-refractivity contribution in [2.24, 2.45) is 0 Å². The maximum atomic E-state index is 12.4. The van der Waals surface area contributed by atoms with Gasteiger partial charge in [0.15, 0.2) is 5.82 Å². The van der Waals surface area contributed by atoms with Crippen LogP contribution in [0.15, 0.2) is 24.3 Å². The molecule has 6 nitrogen and oxygen atoms in total. The summed E-state index contributed by atoms with van der Waals surface area (Å²) in [5.74, 6) is 1.87. The largest absolute Gasteiger partial charge is 0.331 e. The van der Waals surface area contributed by atoms with Gasteiger partial charge in [-0.1, -0.05) is 23.7 Å². The molecule has 120 valence electrons. The SMILES string of the molecule is O=C(NCc1nnc2n1CCC2)N1CC[C@@H]1c1ccc(Cl)cc1. The van der Waals surface area contributed by atoms with Crippen molar-refractivity contribution in [2.75, 3.05) is 6.54 Å². The number of carbonyl (C=O) groups excluding carboxylic acids is 1. The molecule has 23 heavy (non-hydrogen) atoms. The summed E-state index contributed by atoms with van der Waals surface area (Å²) in [6.07, 6.45) is 3.07. The Balaban J connectivity index is 1.38. The average molecular weight is 332 g/mol. The van der Waals surface area contributed by atoms with Crippen LogP contribution in [0.3, 0.4) is 0 Å². The fourth-order valence-electron chi connectivity index (χ4n) is 3.26. The van der Waals surface area contributed by atoms with Crippen molar-refractivity contribution in [1.82, 2.24) is 25.0 Å². The van der Waals surface area contributed by atoms with E-state index in [0.717, 1.165) is 49.6 Å². The summed E-state index contributed by atoms with van der Waals surface area (Å²) in [4.78, 5) is 14.3. The highest BCUT2D eigenvalue weighted by Gasteiger charge is 2.33. The van der Waals surface area contributed by atoms with Gasteiger partial charge in [-0.2, -0.15) is 0 Å². The number of hydrogen-bond donors (Lipinski definition) is 1. The van der Waals surface area contributed by atoms with Crippen LogP contribution in [0.2, 0.25) is 5.02 Å². The lowest BCUT2D eigenvalue weighted by molar-refractivity contribution is 0.115. The van der Waals surface area contributed by atoms with Crippen molar-refractivity contribution in [1.29, 1.82) is 0 Å². The number of aryl methyl sites for hydroxylation is 1. The van der Waals surface area contributed by atoms with Crippen LogP contribution in [-0.2, 0) is 19.5 Å². The van der Waals surface area contributed by atoms with Crippen LogP contribution < -0.4 is 5.32 Å². The summed E-state index contributed by atoms with van der Waals surface area (Å²) in [7, 11) is 0. The normalized spacial score (nSPS) is 19.3. The number of likely N-dealkylation sites (tertiary alicyclic amines) is 1. The van der Waals surface area contributed by atoms with E-state index in [1.54, 1.807) is 0 Å². The van der Waals surface area contributed by atoms with Gasteiger partial charge in [-0.05, 0) is 30.5 Å². The van der Waals surface area contributed by atoms with Crippen LogP contribution in [0.1, 0.15) is 36.1 Å². The second-order valence-corrected chi connectivity index (χ2v) is 6.43. The van der Waals surface area contributed by atoms with E-state index in [2.05, 4.69) is 20.1 Å². The molecule has 0 radical (unpaired) electrons.